The molecule has 0 fully saturated rings. The van der Waals surface area contributed by atoms with Crippen LogP contribution in [-0.4, -0.2) is 29.1 Å². The van der Waals surface area contributed by atoms with Crippen molar-refractivity contribution in [3.05, 3.63) is 82.9 Å². The summed E-state index contributed by atoms with van der Waals surface area (Å²) in [7, 11) is -4.05. The summed E-state index contributed by atoms with van der Waals surface area (Å²) in [4.78, 5) is 13.4. The Morgan fingerprint density at radius 1 is 0.970 bits per heavy atom. The first kappa shape index (κ1) is 23.0. The Morgan fingerprint density at radius 2 is 1.67 bits per heavy atom. The number of aromatic nitrogens is 2. The van der Waals surface area contributed by atoms with Gasteiger partial charge in [-0.1, -0.05) is 54.1 Å². The van der Waals surface area contributed by atoms with Gasteiger partial charge in [-0.05, 0) is 56.0 Å². The lowest BCUT2D eigenvalue weighted by atomic mass is 10.0. The van der Waals surface area contributed by atoms with Crippen LogP contribution in [0.5, 0.6) is 0 Å². The smallest absolute Gasteiger partial charge is 0.243 e. The van der Waals surface area contributed by atoms with Gasteiger partial charge in [-0.15, -0.1) is 0 Å². The minimum atomic E-state index is -4.05. The van der Waals surface area contributed by atoms with E-state index >= 15 is 0 Å². The number of hydrogen-bond acceptors (Lipinski definition) is 6. The Kier molecular flexibility index (Phi) is 6.55. The van der Waals surface area contributed by atoms with Gasteiger partial charge in [0.1, 0.15) is 22.0 Å². The molecule has 0 radical (unpaired) electrons. The van der Waals surface area contributed by atoms with Gasteiger partial charge in [-0.3, -0.25) is 4.79 Å². The van der Waals surface area contributed by atoms with E-state index in [-0.39, 0.29) is 11.3 Å². The molecule has 9 heteroatoms. The summed E-state index contributed by atoms with van der Waals surface area (Å²) in [6, 6.07) is 17.0. The van der Waals surface area contributed by atoms with Crippen LogP contribution in [0.1, 0.15) is 22.3 Å². The van der Waals surface area contributed by atoms with Crippen LogP contribution in [-0.2, 0) is 21.2 Å². The molecule has 1 amide bonds. The summed E-state index contributed by atoms with van der Waals surface area (Å²) in [5.41, 5.74) is 5.24. The van der Waals surface area contributed by atoms with Crippen LogP contribution in [0.2, 0.25) is 0 Å². The monoisotopic (exact) mass is 480 g/mol. The number of benzene rings is 3. The highest BCUT2D eigenvalue weighted by Crippen LogP contribution is 2.24. The quantitative estimate of drug-likeness (QED) is 0.414. The number of carbonyl (C=O) groups is 1. The number of nitrogens with one attached hydrogen (secondary N) is 2. The average Bonchev–Trinajstić information content (AvgIpc) is 3.25. The minimum Gasteiger partial charge on any atom is -0.324 e. The SMILES string of the molecule is Cc1cc(C)c(NC(=O)C(Cc2ccccc2)NS(=O)(=O)c2cccc3nsnc23)c(C)c1. The summed E-state index contributed by atoms with van der Waals surface area (Å²) in [6.07, 6.45) is 0.196. The largest absolute Gasteiger partial charge is 0.324 e. The van der Waals surface area contributed by atoms with Gasteiger partial charge in [0.2, 0.25) is 15.9 Å². The van der Waals surface area contributed by atoms with Crippen LogP contribution < -0.4 is 10.0 Å². The molecular weight excluding hydrogens is 456 g/mol. The van der Waals surface area contributed by atoms with Crippen molar-refractivity contribution in [1.29, 1.82) is 0 Å². The van der Waals surface area contributed by atoms with E-state index in [1.807, 2.05) is 63.2 Å². The first-order valence-electron chi connectivity index (χ1n) is 10.4. The Labute approximate surface area is 197 Å². The zero-order chi connectivity index (χ0) is 23.6. The van der Waals surface area contributed by atoms with Crippen LogP contribution in [0.25, 0.3) is 11.0 Å². The molecule has 0 aliphatic carbocycles. The van der Waals surface area contributed by atoms with Gasteiger partial charge in [0.25, 0.3) is 0 Å². The Bertz CT molecular complexity index is 1390. The molecule has 1 atom stereocenters. The van der Waals surface area contributed by atoms with Crippen molar-refractivity contribution in [2.45, 2.75) is 38.1 Å². The molecule has 4 rings (SSSR count). The molecule has 0 bridgehead atoms. The highest BCUT2D eigenvalue weighted by molar-refractivity contribution is 7.89. The van der Waals surface area contributed by atoms with Crippen LogP contribution in [0.4, 0.5) is 5.69 Å². The summed E-state index contributed by atoms with van der Waals surface area (Å²) >= 11 is 0.946. The third kappa shape index (κ3) is 5.11. The van der Waals surface area contributed by atoms with E-state index < -0.39 is 22.0 Å². The number of nitrogens with zero attached hydrogens (tertiary/aromatic N) is 2. The molecule has 7 nitrogen and oxygen atoms in total. The number of anilines is 1. The first-order valence-corrected chi connectivity index (χ1v) is 12.6. The maximum Gasteiger partial charge on any atom is 0.243 e. The third-order valence-electron chi connectivity index (χ3n) is 5.36. The van der Waals surface area contributed by atoms with E-state index in [1.165, 1.54) is 6.07 Å². The fourth-order valence-electron chi connectivity index (χ4n) is 3.87. The second-order valence-corrected chi connectivity index (χ2v) is 10.2. The molecule has 0 saturated carbocycles. The van der Waals surface area contributed by atoms with Gasteiger partial charge in [-0.2, -0.15) is 13.5 Å². The van der Waals surface area contributed by atoms with Gasteiger partial charge in [0, 0.05) is 5.69 Å². The number of aryl methyl sites for hydroxylation is 3. The van der Waals surface area contributed by atoms with E-state index in [0.717, 1.165) is 34.0 Å². The van der Waals surface area contributed by atoms with Crippen molar-refractivity contribution < 1.29 is 13.2 Å². The number of sulfonamides is 1. The van der Waals surface area contributed by atoms with E-state index in [9.17, 15) is 13.2 Å². The number of hydrogen-bond donors (Lipinski definition) is 2. The minimum absolute atomic E-state index is 0.00214. The molecule has 2 N–H and O–H groups in total. The lowest BCUT2D eigenvalue weighted by Crippen LogP contribution is -2.45. The molecule has 170 valence electrons. The van der Waals surface area contributed by atoms with Gasteiger partial charge in [0.15, 0.2) is 0 Å². The van der Waals surface area contributed by atoms with Crippen molar-refractivity contribution in [2.24, 2.45) is 0 Å². The lowest BCUT2D eigenvalue weighted by molar-refractivity contribution is -0.117. The molecule has 33 heavy (non-hydrogen) atoms. The highest BCUT2D eigenvalue weighted by atomic mass is 32.2. The maximum absolute atomic E-state index is 13.4. The molecule has 0 aliphatic heterocycles. The van der Waals surface area contributed by atoms with Crippen molar-refractivity contribution in [1.82, 2.24) is 13.5 Å². The summed E-state index contributed by atoms with van der Waals surface area (Å²) in [5.74, 6) is -0.430. The second kappa shape index (κ2) is 9.38. The Hall–Kier alpha value is -3.14. The number of fused-ring (bicyclic) bond motifs is 1. The summed E-state index contributed by atoms with van der Waals surface area (Å²) in [6.45, 7) is 5.83. The number of carbonyl (C=O) groups excluding carboxylic acids is 1. The van der Waals surface area contributed by atoms with Gasteiger partial charge < -0.3 is 5.32 Å². The van der Waals surface area contributed by atoms with Crippen molar-refractivity contribution in [3.8, 4) is 0 Å². The molecule has 0 spiro atoms. The van der Waals surface area contributed by atoms with E-state index in [2.05, 4.69) is 18.8 Å². The number of amides is 1. The normalized spacial score (nSPS) is 12.6. The van der Waals surface area contributed by atoms with Crippen molar-refractivity contribution >= 4 is 44.4 Å². The highest BCUT2D eigenvalue weighted by Gasteiger charge is 2.28. The predicted molar refractivity (Wildman–Crippen MR) is 131 cm³/mol. The molecule has 3 aromatic carbocycles. The van der Waals surface area contributed by atoms with Crippen LogP contribution in [0, 0.1) is 20.8 Å². The van der Waals surface area contributed by atoms with E-state index in [1.54, 1.807) is 12.1 Å². The van der Waals surface area contributed by atoms with Crippen LogP contribution >= 0.6 is 11.7 Å². The van der Waals surface area contributed by atoms with Crippen molar-refractivity contribution in [3.63, 3.8) is 0 Å². The number of rotatable bonds is 7. The van der Waals surface area contributed by atoms with Crippen LogP contribution in [0.15, 0.2) is 65.6 Å². The molecule has 1 unspecified atom stereocenters. The Balaban J connectivity index is 1.68. The molecular formula is C24H24N4O3S2. The zero-order valence-electron chi connectivity index (χ0n) is 18.5. The van der Waals surface area contributed by atoms with E-state index in [0.29, 0.717) is 16.7 Å². The molecule has 1 aromatic heterocycles. The molecule has 0 saturated heterocycles. The van der Waals surface area contributed by atoms with Crippen LogP contribution in [0.3, 0.4) is 0 Å². The second-order valence-electron chi connectivity index (χ2n) is 8.01. The fraction of sp³-hybridized carbons (Fsp3) is 0.208. The Morgan fingerprint density at radius 3 is 2.36 bits per heavy atom. The average molecular weight is 481 g/mol. The standard InChI is InChI=1S/C24H24N4O3S2/c1-15-12-16(2)22(17(3)13-15)25-24(29)20(14-18-8-5-4-6-9-18)28-33(30,31)21-11-7-10-19-23(21)27-32-26-19/h4-13,20,28H,14H2,1-3H3,(H,25,29). The first-order chi connectivity index (χ1) is 15.7. The van der Waals surface area contributed by atoms with Gasteiger partial charge in [-0.25, -0.2) is 8.42 Å². The molecule has 4 aromatic rings. The summed E-state index contributed by atoms with van der Waals surface area (Å²) < 4.78 is 37.5. The fourth-order valence-corrected chi connectivity index (χ4v) is 5.84. The third-order valence-corrected chi connectivity index (χ3v) is 7.41. The topological polar surface area (TPSA) is 101 Å². The summed E-state index contributed by atoms with van der Waals surface area (Å²) in [5, 5.41) is 2.94. The molecule has 0 aliphatic rings. The lowest BCUT2D eigenvalue weighted by Gasteiger charge is -2.21. The van der Waals surface area contributed by atoms with Crippen molar-refractivity contribution in [2.75, 3.05) is 5.32 Å². The maximum atomic E-state index is 13.4. The molecule has 1 heterocycles. The van der Waals surface area contributed by atoms with E-state index in [4.69, 9.17) is 0 Å². The van der Waals surface area contributed by atoms with Gasteiger partial charge in [0.05, 0.1) is 11.7 Å². The zero-order valence-corrected chi connectivity index (χ0v) is 20.1. The van der Waals surface area contributed by atoms with Gasteiger partial charge >= 0.3 is 0 Å². The predicted octanol–water partition coefficient (Wildman–Crippen LogP) is 4.14.